The van der Waals surface area contributed by atoms with Crippen molar-refractivity contribution in [1.82, 2.24) is 8.87 Å². The third kappa shape index (κ3) is 7.04. The van der Waals surface area contributed by atoms with Gasteiger partial charge in [-0.2, -0.15) is 4.31 Å². The quantitative estimate of drug-likeness (QED) is 0.333. The zero-order valence-electron chi connectivity index (χ0n) is 23.2. The molecule has 3 aromatic rings. The average Bonchev–Trinajstić information content (AvgIpc) is 3.29. The number of carboxylic acid groups (broad SMARTS) is 1. The highest BCUT2D eigenvalue weighted by atomic mass is 32.2. The van der Waals surface area contributed by atoms with Crippen molar-refractivity contribution in [3.8, 4) is 22.4 Å². The highest BCUT2D eigenvalue weighted by Gasteiger charge is 2.37. The number of aromatic nitrogens is 1. The molecule has 1 fully saturated rings. The molecule has 41 heavy (non-hydrogen) atoms. The van der Waals surface area contributed by atoms with Crippen molar-refractivity contribution >= 4 is 16.0 Å². The van der Waals surface area contributed by atoms with E-state index in [-0.39, 0.29) is 56.5 Å². The highest BCUT2D eigenvalue weighted by Crippen LogP contribution is 2.45. The number of halogens is 1. The number of carbonyl (C=O) groups excluding carboxylic acids is 1. The number of hydrogen-bond acceptors (Lipinski definition) is 7. The van der Waals surface area contributed by atoms with Crippen molar-refractivity contribution in [2.45, 2.75) is 62.7 Å². The summed E-state index contributed by atoms with van der Waals surface area (Å²) >= 11 is 0. The minimum atomic E-state index is -4.07. The van der Waals surface area contributed by atoms with Crippen LogP contribution in [0.5, 0.6) is 0 Å². The van der Waals surface area contributed by atoms with Crippen LogP contribution in [0, 0.1) is 5.82 Å². The largest absolute Gasteiger partial charge is 0.550 e. The first-order valence-corrected chi connectivity index (χ1v) is 15.2. The first-order chi connectivity index (χ1) is 19.5. The molecule has 2 aromatic carbocycles. The van der Waals surface area contributed by atoms with Gasteiger partial charge < -0.3 is 29.4 Å². The third-order valence-electron chi connectivity index (χ3n) is 7.19. The number of hydrogen-bond donors (Lipinski definition) is 2. The number of sulfonamides is 1. The van der Waals surface area contributed by atoms with E-state index in [1.54, 1.807) is 12.1 Å². The third-order valence-corrected chi connectivity index (χ3v) is 9.14. The van der Waals surface area contributed by atoms with Crippen LogP contribution in [-0.2, 0) is 26.1 Å². The topological polar surface area (TPSA) is 132 Å². The molecule has 0 saturated carbocycles. The molecule has 0 spiro atoms. The summed E-state index contributed by atoms with van der Waals surface area (Å²) in [5, 5.41) is 31.6. The normalized spacial score (nSPS) is 16.1. The van der Waals surface area contributed by atoms with Gasteiger partial charge in [-0.25, -0.2) is 12.8 Å². The fraction of sp³-hybridized carbons (Fsp3) is 0.433. The second-order valence-electron chi connectivity index (χ2n) is 10.5. The van der Waals surface area contributed by atoms with Gasteiger partial charge in [-0.15, -0.1) is 0 Å². The van der Waals surface area contributed by atoms with E-state index < -0.39 is 40.4 Å². The van der Waals surface area contributed by atoms with Gasteiger partial charge >= 0.3 is 0 Å². The maximum atomic E-state index is 14.5. The first-order valence-electron chi connectivity index (χ1n) is 13.7. The fourth-order valence-corrected chi connectivity index (χ4v) is 7.22. The zero-order valence-corrected chi connectivity index (χ0v) is 24.0. The van der Waals surface area contributed by atoms with Crippen molar-refractivity contribution in [3.63, 3.8) is 0 Å². The number of ether oxygens (including phenoxy) is 1. The number of carboxylic acids is 1. The Balaban J connectivity index is 1.95. The monoisotopic (exact) mass is 587 g/mol. The fourth-order valence-electron chi connectivity index (χ4n) is 5.38. The van der Waals surface area contributed by atoms with Crippen LogP contribution in [0.15, 0.2) is 59.5 Å². The maximum absolute atomic E-state index is 14.5. The smallest absolute Gasteiger partial charge is 0.246 e. The van der Waals surface area contributed by atoms with Crippen LogP contribution >= 0.6 is 0 Å². The van der Waals surface area contributed by atoms with E-state index in [9.17, 15) is 32.9 Å². The molecule has 2 atom stereocenters. The lowest BCUT2D eigenvalue weighted by atomic mass is 9.99. The van der Waals surface area contributed by atoms with Gasteiger partial charge in [0.2, 0.25) is 10.0 Å². The summed E-state index contributed by atoms with van der Waals surface area (Å²) in [5.74, 6) is -2.03. The summed E-state index contributed by atoms with van der Waals surface area (Å²) in [4.78, 5) is 11.0. The molecule has 11 heteroatoms. The summed E-state index contributed by atoms with van der Waals surface area (Å²) in [6.07, 6.45) is -3.01. The van der Waals surface area contributed by atoms with E-state index >= 15 is 0 Å². The molecule has 1 aliphatic rings. The Morgan fingerprint density at radius 1 is 1.00 bits per heavy atom. The summed E-state index contributed by atoms with van der Waals surface area (Å²) in [5.41, 5.74) is 2.84. The molecule has 0 radical (unpaired) electrons. The van der Waals surface area contributed by atoms with Gasteiger partial charge in [0.25, 0.3) is 0 Å². The molecular weight excluding hydrogens is 551 g/mol. The van der Waals surface area contributed by atoms with Crippen LogP contribution in [0.3, 0.4) is 0 Å². The Hall–Kier alpha value is -3.09. The number of aliphatic carboxylic acids is 1. The number of rotatable bonds is 12. The highest BCUT2D eigenvalue weighted by molar-refractivity contribution is 7.89. The van der Waals surface area contributed by atoms with Crippen LogP contribution < -0.4 is 5.11 Å². The van der Waals surface area contributed by atoms with E-state index in [1.165, 1.54) is 16.4 Å². The lowest BCUT2D eigenvalue weighted by Gasteiger charge is -2.27. The van der Waals surface area contributed by atoms with Crippen LogP contribution in [0.2, 0.25) is 0 Å². The molecular formula is C30H36FN2O7S-. The second kappa shape index (κ2) is 13.3. The van der Waals surface area contributed by atoms with Crippen molar-refractivity contribution in [3.05, 3.63) is 66.1 Å². The molecule has 0 unspecified atom stereocenters. The van der Waals surface area contributed by atoms with Crippen molar-refractivity contribution in [2.24, 2.45) is 0 Å². The Bertz CT molecular complexity index is 1430. The molecule has 0 bridgehead atoms. The van der Waals surface area contributed by atoms with Gasteiger partial charge in [-0.3, -0.25) is 0 Å². The number of aliphatic hydroxyl groups is 2. The number of carbonyl (C=O) groups is 1. The van der Waals surface area contributed by atoms with E-state index in [4.69, 9.17) is 4.74 Å². The number of nitrogens with zero attached hydrogens (tertiary/aromatic N) is 2. The van der Waals surface area contributed by atoms with Crippen LogP contribution in [0.25, 0.3) is 22.4 Å². The van der Waals surface area contributed by atoms with Gasteiger partial charge in [0, 0.05) is 43.3 Å². The Morgan fingerprint density at radius 2 is 1.63 bits per heavy atom. The van der Waals surface area contributed by atoms with Crippen LogP contribution in [-0.4, -0.2) is 72.0 Å². The standard InChI is InChI=1S/C30H37FN2O7S/c1-20(2)28-27(21-6-4-3-5-7-21)30(41(38,39)32-14-16-40-17-15-32)29(22-8-10-23(31)11-9-22)33(28)13-12-24(34)18-25(35)19-26(36)37/h3-11,20,24-25,34-35H,12-19H2,1-2H3,(H,36,37)/p-1/t24-,25-/m1/s1. The number of benzene rings is 2. The van der Waals surface area contributed by atoms with Gasteiger partial charge in [-0.05, 0) is 54.2 Å². The minimum Gasteiger partial charge on any atom is -0.550 e. The lowest BCUT2D eigenvalue weighted by Crippen LogP contribution is -2.40. The average molecular weight is 588 g/mol. The molecule has 1 aromatic heterocycles. The predicted molar refractivity (Wildman–Crippen MR) is 150 cm³/mol. The molecule has 0 aliphatic carbocycles. The van der Waals surface area contributed by atoms with Crippen molar-refractivity contribution in [1.29, 1.82) is 0 Å². The molecule has 1 saturated heterocycles. The van der Waals surface area contributed by atoms with Crippen LogP contribution in [0.1, 0.15) is 44.7 Å². The maximum Gasteiger partial charge on any atom is 0.246 e. The van der Waals surface area contributed by atoms with E-state index in [1.807, 2.05) is 48.7 Å². The van der Waals surface area contributed by atoms with Gasteiger partial charge in [-0.1, -0.05) is 44.2 Å². The first kappa shape index (κ1) is 30.9. The minimum absolute atomic E-state index is 0.104. The van der Waals surface area contributed by atoms with E-state index in [0.717, 1.165) is 5.69 Å². The van der Waals surface area contributed by atoms with Gasteiger partial charge in [0.1, 0.15) is 10.7 Å². The summed E-state index contributed by atoms with van der Waals surface area (Å²) in [6, 6.07) is 14.9. The summed E-state index contributed by atoms with van der Waals surface area (Å²) < 4.78 is 51.6. The Labute approximate surface area is 239 Å². The Kier molecular flexibility index (Phi) is 9.98. The van der Waals surface area contributed by atoms with Gasteiger partial charge in [0.15, 0.2) is 0 Å². The molecule has 4 rings (SSSR count). The Morgan fingerprint density at radius 3 is 2.22 bits per heavy atom. The van der Waals surface area contributed by atoms with E-state index in [2.05, 4.69) is 0 Å². The van der Waals surface area contributed by atoms with Crippen molar-refractivity contribution < 1.29 is 37.7 Å². The zero-order chi connectivity index (χ0) is 29.7. The molecule has 1 aliphatic heterocycles. The number of aliphatic hydroxyl groups excluding tert-OH is 2. The molecule has 0 amide bonds. The molecule has 9 nitrogen and oxygen atoms in total. The van der Waals surface area contributed by atoms with Crippen molar-refractivity contribution in [2.75, 3.05) is 26.3 Å². The van der Waals surface area contributed by atoms with Gasteiger partial charge in [0.05, 0.1) is 31.1 Å². The lowest BCUT2D eigenvalue weighted by molar-refractivity contribution is -0.307. The molecule has 2 N–H and O–H groups in total. The second-order valence-corrected chi connectivity index (χ2v) is 12.4. The molecule has 222 valence electrons. The SMILES string of the molecule is CC(C)c1c(-c2ccccc2)c(S(=O)(=O)N2CCOCC2)c(-c2ccc(F)cc2)n1CC[C@@H](O)C[C@@H](O)CC(=O)[O-]. The molecule has 2 heterocycles. The number of morpholine rings is 1. The summed E-state index contributed by atoms with van der Waals surface area (Å²) in [7, 11) is -4.07. The van der Waals surface area contributed by atoms with Crippen LogP contribution in [0.4, 0.5) is 4.39 Å². The van der Waals surface area contributed by atoms with E-state index in [0.29, 0.717) is 22.4 Å². The predicted octanol–water partition coefficient (Wildman–Crippen LogP) is 2.75. The summed E-state index contributed by atoms with van der Waals surface area (Å²) in [6.45, 7) is 4.99.